The van der Waals surface area contributed by atoms with Crippen LogP contribution in [0.5, 0.6) is 0 Å². The number of amides is 1. The van der Waals surface area contributed by atoms with Crippen LogP contribution in [0.4, 0.5) is 5.69 Å². The fourth-order valence-corrected chi connectivity index (χ4v) is 1.91. The van der Waals surface area contributed by atoms with Crippen molar-refractivity contribution in [3.8, 4) is 0 Å². The van der Waals surface area contributed by atoms with E-state index in [4.69, 9.17) is 5.73 Å². The highest BCUT2D eigenvalue weighted by atomic mass is 16.1. The average Bonchev–Trinajstić information content (AvgIpc) is 2.33. The van der Waals surface area contributed by atoms with Gasteiger partial charge in [-0.3, -0.25) is 4.79 Å². The third-order valence-corrected chi connectivity index (χ3v) is 2.82. The van der Waals surface area contributed by atoms with Gasteiger partial charge in [0.05, 0.1) is 6.54 Å². The summed E-state index contributed by atoms with van der Waals surface area (Å²) >= 11 is 0. The number of rotatable bonds is 7. The van der Waals surface area contributed by atoms with Gasteiger partial charge in [0.15, 0.2) is 0 Å². The maximum absolute atomic E-state index is 11.2. The van der Waals surface area contributed by atoms with Gasteiger partial charge in [-0.2, -0.15) is 0 Å². The van der Waals surface area contributed by atoms with Crippen molar-refractivity contribution in [3.05, 3.63) is 29.8 Å². The summed E-state index contributed by atoms with van der Waals surface area (Å²) < 4.78 is 0. The number of benzene rings is 1. The molecule has 3 N–H and O–H groups in total. The molecule has 0 radical (unpaired) electrons. The van der Waals surface area contributed by atoms with Crippen molar-refractivity contribution >= 4 is 11.6 Å². The minimum atomic E-state index is -0.304. The Balaban J connectivity index is 2.99. The second kappa shape index (κ2) is 7.01. The van der Waals surface area contributed by atoms with Crippen molar-refractivity contribution in [1.82, 2.24) is 5.32 Å². The topological polar surface area (TPSA) is 58.4 Å². The van der Waals surface area contributed by atoms with E-state index in [1.54, 1.807) is 0 Å². The van der Waals surface area contributed by atoms with Crippen LogP contribution in [0.15, 0.2) is 24.3 Å². The van der Waals surface area contributed by atoms with E-state index in [1.807, 2.05) is 23.1 Å². The Morgan fingerprint density at radius 3 is 2.61 bits per heavy atom. The molecular formula is C14H23N3O. The smallest absolute Gasteiger partial charge is 0.236 e. The lowest BCUT2D eigenvalue weighted by atomic mass is 10.1. The molecule has 0 aromatic heterocycles. The number of anilines is 1. The van der Waals surface area contributed by atoms with Crippen molar-refractivity contribution in [2.45, 2.75) is 33.4 Å². The quantitative estimate of drug-likeness (QED) is 0.770. The van der Waals surface area contributed by atoms with Crippen LogP contribution in [-0.2, 0) is 11.3 Å². The molecule has 0 saturated carbocycles. The summed E-state index contributed by atoms with van der Waals surface area (Å²) in [4.78, 5) is 13.2. The molecule has 1 aromatic rings. The number of hydrogen-bond acceptors (Lipinski definition) is 3. The fourth-order valence-electron chi connectivity index (χ4n) is 1.91. The Morgan fingerprint density at radius 2 is 2.06 bits per heavy atom. The van der Waals surface area contributed by atoms with Gasteiger partial charge in [0.2, 0.25) is 5.91 Å². The maximum Gasteiger partial charge on any atom is 0.236 e. The number of carbonyl (C=O) groups is 1. The van der Waals surface area contributed by atoms with E-state index in [0.29, 0.717) is 0 Å². The highest BCUT2D eigenvalue weighted by molar-refractivity contribution is 5.80. The Labute approximate surface area is 109 Å². The monoisotopic (exact) mass is 249 g/mol. The SMILES string of the molecule is CCNCc1ccccc1N(CC(N)=O)C(C)C. The van der Waals surface area contributed by atoms with Crippen LogP contribution < -0.4 is 16.0 Å². The highest BCUT2D eigenvalue weighted by Gasteiger charge is 2.15. The zero-order valence-electron chi connectivity index (χ0n) is 11.4. The molecule has 1 aromatic carbocycles. The summed E-state index contributed by atoms with van der Waals surface area (Å²) in [5.41, 5.74) is 7.59. The predicted molar refractivity (Wildman–Crippen MR) is 75.5 cm³/mol. The van der Waals surface area contributed by atoms with Gasteiger partial charge in [0.1, 0.15) is 0 Å². The number of nitrogens with one attached hydrogen (secondary N) is 1. The lowest BCUT2D eigenvalue weighted by Gasteiger charge is -2.29. The molecule has 1 amide bonds. The van der Waals surface area contributed by atoms with Gasteiger partial charge in [-0.15, -0.1) is 0 Å². The normalized spacial score (nSPS) is 10.7. The first-order chi connectivity index (χ1) is 8.56. The van der Waals surface area contributed by atoms with Crippen LogP contribution in [0.2, 0.25) is 0 Å². The van der Waals surface area contributed by atoms with Gasteiger partial charge in [0, 0.05) is 18.3 Å². The molecule has 0 fully saturated rings. The number of nitrogens with two attached hydrogens (primary N) is 1. The first-order valence-corrected chi connectivity index (χ1v) is 6.39. The molecule has 0 saturated heterocycles. The molecule has 0 aliphatic rings. The molecule has 4 heteroatoms. The summed E-state index contributed by atoms with van der Waals surface area (Å²) in [6, 6.07) is 8.35. The average molecular weight is 249 g/mol. The zero-order valence-corrected chi connectivity index (χ0v) is 11.4. The van der Waals surface area contributed by atoms with Crippen molar-refractivity contribution in [1.29, 1.82) is 0 Å². The molecule has 0 heterocycles. The van der Waals surface area contributed by atoms with Crippen molar-refractivity contribution in [3.63, 3.8) is 0 Å². The molecule has 4 nitrogen and oxygen atoms in total. The largest absolute Gasteiger partial charge is 0.368 e. The Hall–Kier alpha value is -1.55. The van der Waals surface area contributed by atoms with Crippen LogP contribution in [0.25, 0.3) is 0 Å². The first-order valence-electron chi connectivity index (χ1n) is 6.39. The molecule has 0 aliphatic carbocycles. The Morgan fingerprint density at radius 1 is 1.39 bits per heavy atom. The van der Waals surface area contributed by atoms with Crippen molar-refractivity contribution < 1.29 is 4.79 Å². The van der Waals surface area contributed by atoms with E-state index in [-0.39, 0.29) is 18.5 Å². The zero-order chi connectivity index (χ0) is 13.5. The minimum Gasteiger partial charge on any atom is -0.368 e. The van der Waals surface area contributed by atoms with Crippen LogP contribution in [0.1, 0.15) is 26.3 Å². The van der Waals surface area contributed by atoms with Gasteiger partial charge in [-0.05, 0) is 32.0 Å². The molecule has 18 heavy (non-hydrogen) atoms. The van der Waals surface area contributed by atoms with Crippen molar-refractivity contribution in [2.75, 3.05) is 18.0 Å². The van der Waals surface area contributed by atoms with E-state index in [1.165, 1.54) is 5.56 Å². The maximum atomic E-state index is 11.2. The fraction of sp³-hybridized carbons (Fsp3) is 0.500. The number of primary amides is 1. The summed E-state index contributed by atoms with van der Waals surface area (Å²) in [5, 5.41) is 3.31. The number of para-hydroxylation sites is 1. The standard InChI is InChI=1S/C14H23N3O/c1-4-16-9-12-7-5-6-8-13(12)17(11(2)3)10-14(15)18/h5-8,11,16H,4,9-10H2,1-3H3,(H2,15,18). The Kier molecular flexibility index (Phi) is 5.65. The van der Waals surface area contributed by atoms with E-state index >= 15 is 0 Å². The molecular weight excluding hydrogens is 226 g/mol. The second-order valence-electron chi connectivity index (χ2n) is 4.60. The molecule has 0 aliphatic heterocycles. The number of nitrogens with zero attached hydrogens (tertiary/aromatic N) is 1. The van der Waals surface area contributed by atoms with Gasteiger partial charge >= 0.3 is 0 Å². The van der Waals surface area contributed by atoms with E-state index < -0.39 is 0 Å². The molecule has 0 atom stereocenters. The molecule has 100 valence electrons. The summed E-state index contributed by atoms with van der Waals surface area (Å²) in [6.45, 7) is 8.17. The number of carbonyl (C=O) groups excluding carboxylic acids is 1. The van der Waals surface area contributed by atoms with E-state index in [2.05, 4.69) is 32.2 Å². The summed E-state index contributed by atoms with van der Waals surface area (Å²) in [5.74, 6) is -0.304. The van der Waals surface area contributed by atoms with Gasteiger partial charge in [-0.1, -0.05) is 25.1 Å². The minimum absolute atomic E-state index is 0.236. The summed E-state index contributed by atoms with van der Waals surface area (Å²) in [6.07, 6.45) is 0. The third-order valence-electron chi connectivity index (χ3n) is 2.82. The van der Waals surface area contributed by atoms with Crippen LogP contribution in [0, 0.1) is 0 Å². The van der Waals surface area contributed by atoms with Crippen LogP contribution >= 0.6 is 0 Å². The molecule has 0 unspecified atom stereocenters. The van der Waals surface area contributed by atoms with Crippen LogP contribution in [0.3, 0.4) is 0 Å². The van der Waals surface area contributed by atoms with Crippen LogP contribution in [-0.4, -0.2) is 25.0 Å². The van der Waals surface area contributed by atoms with E-state index in [0.717, 1.165) is 18.8 Å². The molecule has 0 bridgehead atoms. The van der Waals surface area contributed by atoms with E-state index in [9.17, 15) is 4.79 Å². The lowest BCUT2D eigenvalue weighted by Crippen LogP contribution is -2.39. The highest BCUT2D eigenvalue weighted by Crippen LogP contribution is 2.22. The van der Waals surface area contributed by atoms with Gasteiger partial charge in [-0.25, -0.2) is 0 Å². The van der Waals surface area contributed by atoms with Crippen molar-refractivity contribution in [2.24, 2.45) is 5.73 Å². The molecule has 1 rings (SSSR count). The third kappa shape index (κ3) is 4.04. The lowest BCUT2D eigenvalue weighted by molar-refractivity contribution is -0.116. The first kappa shape index (κ1) is 14.5. The number of hydrogen-bond donors (Lipinski definition) is 2. The second-order valence-corrected chi connectivity index (χ2v) is 4.60. The van der Waals surface area contributed by atoms with Gasteiger partial charge < -0.3 is 16.0 Å². The molecule has 0 spiro atoms. The Bertz CT molecular complexity index is 390. The predicted octanol–water partition coefficient (Wildman–Crippen LogP) is 1.50. The summed E-state index contributed by atoms with van der Waals surface area (Å²) in [7, 11) is 0. The van der Waals surface area contributed by atoms with Gasteiger partial charge in [0.25, 0.3) is 0 Å².